The van der Waals surface area contributed by atoms with Crippen LogP contribution in [0.3, 0.4) is 0 Å². The zero-order valence-electron chi connectivity index (χ0n) is 21.5. The number of ether oxygens (including phenoxy) is 2. The Balaban J connectivity index is 0.000000505. The van der Waals surface area contributed by atoms with Crippen molar-refractivity contribution in [2.24, 2.45) is 5.73 Å². The van der Waals surface area contributed by atoms with Gasteiger partial charge in [-0.2, -0.15) is 0 Å². The maximum Gasteiger partial charge on any atom is 0.414 e. The number of benzene rings is 2. The summed E-state index contributed by atoms with van der Waals surface area (Å²) in [7, 11) is 2.18. The van der Waals surface area contributed by atoms with Crippen molar-refractivity contribution < 1.29 is 29.3 Å². The Bertz CT molecular complexity index is 1170. The monoisotopic (exact) mass is 541 g/mol. The van der Waals surface area contributed by atoms with Gasteiger partial charge < -0.3 is 30.3 Å². The minimum Gasteiger partial charge on any atom is -0.490 e. The second-order valence-electron chi connectivity index (χ2n) is 9.88. The molecular weight excluding hydrogens is 506 g/mol. The third-order valence-electron chi connectivity index (χ3n) is 6.89. The van der Waals surface area contributed by atoms with Gasteiger partial charge in [-0.3, -0.25) is 0 Å². The molecule has 1 aliphatic heterocycles. The number of carbonyl (C=O) groups is 2. The standard InChI is InChI=1S/C26H33N3O2S.C2H2O4/c1-29-15-13-21(14-16-29)31-25(26-28-23-7-2-3-8-24(23)32-26)18-5-4-6-22(17-18)30-20-11-9-19(27)10-12-20;3-1(4)2(5)6/h2-8,17,19-21,25H,9-16,27H2,1H3;(H,3,4)(H,5,6). The number of fused-ring (bicyclic) bond motifs is 1. The van der Waals surface area contributed by atoms with E-state index in [9.17, 15) is 0 Å². The fraction of sp³-hybridized carbons (Fsp3) is 0.464. The van der Waals surface area contributed by atoms with Gasteiger partial charge in [-0.15, -0.1) is 11.3 Å². The van der Waals surface area contributed by atoms with Crippen LogP contribution in [0.15, 0.2) is 48.5 Å². The summed E-state index contributed by atoms with van der Waals surface area (Å²) < 4.78 is 14.3. The molecule has 2 heterocycles. The highest BCUT2D eigenvalue weighted by atomic mass is 32.1. The number of nitrogens with zero attached hydrogens (tertiary/aromatic N) is 2. The number of piperidine rings is 1. The Labute approximate surface area is 226 Å². The van der Waals surface area contributed by atoms with Gasteiger partial charge in [0, 0.05) is 19.1 Å². The van der Waals surface area contributed by atoms with E-state index in [1.165, 1.54) is 4.70 Å². The zero-order valence-corrected chi connectivity index (χ0v) is 22.3. The van der Waals surface area contributed by atoms with Crippen molar-refractivity contribution in [1.82, 2.24) is 9.88 Å². The molecule has 204 valence electrons. The van der Waals surface area contributed by atoms with Gasteiger partial charge in [0.25, 0.3) is 0 Å². The molecule has 0 radical (unpaired) electrons. The van der Waals surface area contributed by atoms with Crippen LogP contribution in [0.2, 0.25) is 0 Å². The lowest BCUT2D eigenvalue weighted by Crippen LogP contribution is -2.35. The molecule has 1 saturated heterocycles. The van der Waals surface area contributed by atoms with Crippen molar-refractivity contribution in [3.63, 3.8) is 0 Å². The van der Waals surface area contributed by atoms with Gasteiger partial charge in [0.05, 0.1) is 22.4 Å². The summed E-state index contributed by atoms with van der Waals surface area (Å²) in [6, 6.07) is 17.1. The first kappa shape index (κ1) is 28.0. The Morgan fingerprint density at radius 2 is 1.66 bits per heavy atom. The van der Waals surface area contributed by atoms with E-state index in [0.717, 1.165) is 73.5 Å². The summed E-state index contributed by atoms with van der Waals surface area (Å²) in [6.45, 7) is 2.15. The molecular formula is C28H35N3O6S. The number of aliphatic carboxylic acids is 2. The summed E-state index contributed by atoms with van der Waals surface area (Å²) in [6.07, 6.45) is 6.55. The number of rotatable bonds is 6. The molecule has 3 aromatic rings. The Kier molecular flexibility index (Phi) is 9.68. The predicted molar refractivity (Wildman–Crippen MR) is 146 cm³/mol. The molecule has 1 unspecified atom stereocenters. The van der Waals surface area contributed by atoms with Gasteiger partial charge in [0.2, 0.25) is 0 Å². The average Bonchev–Trinajstić information content (AvgIpc) is 3.34. The molecule has 1 aromatic heterocycles. The van der Waals surface area contributed by atoms with Gasteiger partial charge in [0.15, 0.2) is 0 Å². The molecule has 2 fully saturated rings. The quantitative estimate of drug-likeness (QED) is 0.390. The zero-order chi connectivity index (χ0) is 27.1. The van der Waals surface area contributed by atoms with Crippen LogP contribution in [0.5, 0.6) is 5.75 Å². The van der Waals surface area contributed by atoms with E-state index in [1.807, 2.05) is 6.07 Å². The molecule has 38 heavy (non-hydrogen) atoms. The Morgan fingerprint density at radius 3 is 2.32 bits per heavy atom. The molecule has 10 heteroatoms. The number of para-hydroxylation sites is 1. The molecule has 2 aromatic carbocycles. The van der Waals surface area contributed by atoms with Gasteiger partial charge in [0.1, 0.15) is 16.9 Å². The molecule has 0 bridgehead atoms. The molecule has 1 atom stereocenters. The maximum absolute atomic E-state index is 9.10. The fourth-order valence-corrected chi connectivity index (χ4v) is 5.78. The van der Waals surface area contributed by atoms with E-state index >= 15 is 0 Å². The SMILES string of the molecule is CN1CCC(OC(c2cccc(OC3CCC(N)CC3)c2)c2nc3ccccc3s2)CC1.O=C(O)C(=O)O. The Morgan fingerprint density at radius 1 is 0.974 bits per heavy atom. The highest BCUT2D eigenvalue weighted by Gasteiger charge is 2.27. The van der Waals surface area contributed by atoms with Gasteiger partial charge >= 0.3 is 11.9 Å². The van der Waals surface area contributed by atoms with Crippen LogP contribution >= 0.6 is 11.3 Å². The van der Waals surface area contributed by atoms with Crippen LogP contribution in [-0.4, -0.2) is 70.4 Å². The lowest BCUT2D eigenvalue weighted by molar-refractivity contribution is -0.159. The van der Waals surface area contributed by atoms with Crippen molar-refractivity contribution in [3.8, 4) is 5.75 Å². The predicted octanol–water partition coefficient (Wildman–Crippen LogP) is 4.30. The number of hydrogen-bond donors (Lipinski definition) is 3. The topological polar surface area (TPSA) is 135 Å². The number of carboxylic acid groups (broad SMARTS) is 2. The second-order valence-corrected chi connectivity index (χ2v) is 10.9. The number of carboxylic acids is 2. The van der Waals surface area contributed by atoms with Crippen LogP contribution < -0.4 is 10.5 Å². The number of aromatic nitrogens is 1. The molecule has 1 saturated carbocycles. The first-order valence-corrected chi connectivity index (χ1v) is 13.8. The van der Waals surface area contributed by atoms with E-state index in [0.29, 0.717) is 6.04 Å². The first-order chi connectivity index (χ1) is 18.3. The molecule has 5 rings (SSSR count). The van der Waals surface area contributed by atoms with Crippen LogP contribution in [0.1, 0.15) is 55.2 Å². The van der Waals surface area contributed by atoms with Gasteiger partial charge in [-0.05, 0) is 75.4 Å². The summed E-state index contributed by atoms with van der Waals surface area (Å²) >= 11 is 1.73. The number of nitrogens with two attached hydrogens (primary N) is 1. The molecule has 9 nitrogen and oxygen atoms in total. The third kappa shape index (κ3) is 7.73. The Hall–Kier alpha value is -3.05. The average molecular weight is 542 g/mol. The lowest BCUT2D eigenvalue weighted by atomic mass is 9.94. The minimum absolute atomic E-state index is 0.177. The highest BCUT2D eigenvalue weighted by Crippen LogP contribution is 2.36. The van der Waals surface area contributed by atoms with E-state index in [1.54, 1.807) is 11.3 Å². The molecule has 0 spiro atoms. The van der Waals surface area contributed by atoms with Crippen LogP contribution in [0.25, 0.3) is 10.2 Å². The second kappa shape index (κ2) is 13.1. The van der Waals surface area contributed by atoms with Crippen LogP contribution in [-0.2, 0) is 14.3 Å². The van der Waals surface area contributed by atoms with Crippen molar-refractivity contribution in [3.05, 3.63) is 59.1 Å². The van der Waals surface area contributed by atoms with Crippen LogP contribution in [0, 0.1) is 0 Å². The smallest absolute Gasteiger partial charge is 0.414 e. The van der Waals surface area contributed by atoms with Gasteiger partial charge in [-0.25, -0.2) is 14.6 Å². The van der Waals surface area contributed by atoms with Crippen molar-refractivity contribution >= 4 is 33.5 Å². The first-order valence-electron chi connectivity index (χ1n) is 13.0. The third-order valence-corrected chi connectivity index (χ3v) is 7.97. The lowest BCUT2D eigenvalue weighted by Gasteiger charge is -2.31. The molecule has 0 amide bonds. The van der Waals surface area contributed by atoms with E-state index in [-0.39, 0.29) is 18.3 Å². The molecule has 2 aliphatic rings. The minimum atomic E-state index is -1.82. The normalized spacial score (nSPS) is 21.3. The molecule has 4 N–H and O–H groups in total. The fourth-order valence-electron chi connectivity index (χ4n) is 4.74. The largest absolute Gasteiger partial charge is 0.490 e. The van der Waals surface area contributed by atoms with Crippen molar-refractivity contribution in [2.75, 3.05) is 20.1 Å². The van der Waals surface area contributed by atoms with Crippen molar-refractivity contribution in [1.29, 1.82) is 0 Å². The van der Waals surface area contributed by atoms with E-state index in [2.05, 4.69) is 54.4 Å². The summed E-state index contributed by atoms with van der Waals surface area (Å²) in [5, 5.41) is 15.8. The molecule has 1 aliphatic carbocycles. The maximum atomic E-state index is 9.10. The van der Waals surface area contributed by atoms with Gasteiger partial charge in [-0.1, -0.05) is 24.3 Å². The summed E-state index contributed by atoms with van der Waals surface area (Å²) in [4.78, 5) is 25.5. The van der Waals surface area contributed by atoms with E-state index < -0.39 is 11.9 Å². The summed E-state index contributed by atoms with van der Waals surface area (Å²) in [5.74, 6) is -2.73. The number of thiazole rings is 1. The number of likely N-dealkylation sites (tertiary alicyclic amines) is 1. The van der Waals surface area contributed by atoms with Crippen molar-refractivity contribution in [2.45, 2.75) is 62.9 Å². The van der Waals surface area contributed by atoms with Crippen LogP contribution in [0.4, 0.5) is 0 Å². The highest BCUT2D eigenvalue weighted by molar-refractivity contribution is 7.18. The summed E-state index contributed by atoms with van der Waals surface area (Å²) in [5.41, 5.74) is 8.22. The number of hydrogen-bond acceptors (Lipinski definition) is 8. The van der Waals surface area contributed by atoms with E-state index in [4.69, 9.17) is 40.0 Å².